The molecule has 3 aromatic carbocycles. The number of carbonyl (C=O) groups excluding carboxylic acids is 1. The fourth-order valence-electron chi connectivity index (χ4n) is 4.40. The average molecular weight is 517 g/mol. The number of hydrogen-bond donors (Lipinski definition) is 1. The van der Waals surface area contributed by atoms with Crippen molar-refractivity contribution in [2.75, 3.05) is 6.61 Å². The van der Waals surface area contributed by atoms with Gasteiger partial charge in [-0.05, 0) is 66.4 Å². The summed E-state index contributed by atoms with van der Waals surface area (Å²) >= 11 is 0. The monoisotopic (exact) mass is 516 g/mol. The summed E-state index contributed by atoms with van der Waals surface area (Å²) in [5, 5.41) is 9.89. The van der Waals surface area contributed by atoms with E-state index in [2.05, 4.69) is 6.07 Å². The lowest BCUT2D eigenvalue weighted by Crippen LogP contribution is -2.25. The van der Waals surface area contributed by atoms with Gasteiger partial charge in [0.2, 0.25) is 5.88 Å². The zero-order valence-corrected chi connectivity index (χ0v) is 21.0. The number of nitrogens with two attached hydrogens (primary N) is 1. The van der Waals surface area contributed by atoms with Gasteiger partial charge in [0, 0.05) is 6.42 Å². The highest BCUT2D eigenvalue weighted by atomic mass is 19.1. The summed E-state index contributed by atoms with van der Waals surface area (Å²) in [4.78, 5) is 12.9. The normalized spacial score (nSPS) is 15.1. The van der Waals surface area contributed by atoms with E-state index in [1.165, 1.54) is 24.3 Å². The van der Waals surface area contributed by atoms with Crippen LogP contribution in [0, 0.1) is 23.0 Å². The van der Waals surface area contributed by atoms with Crippen LogP contribution in [-0.4, -0.2) is 12.6 Å². The van der Waals surface area contributed by atoms with Crippen molar-refractivity contribution < 1.29 is 27.8 Å². The molecule has 1 atom stereocenters. The standard InChI is InChI=1S/C30H26F2N2O4/c1-3-36-30(35)27-18(2)38-29(34)25(16-33)28(27)21-10-11-26(37-17-20-7-5-9-24(32)14-20)22(15-21)12-19-6-4-8-23(31)13-19/h4-11,13-15,28H,3,12,17,34H2,1-2H3. The van der Waals surface area contributed by atoms with Crippen LogP contribution in [0.15, 0.2) is 89.5 Å². The maximum atomic E-state index is 13.9. The van der Waals surface area contributed by atoms with Gasteiger partial charge < -0.3 is 19.9 Å². The molecular formula is C30H26F2N2O4. The largest absolute Gasteiger partial charge is 0.489 e. The van der Waals surface area contributed by atoms with Gasteiger partial charge in [0.1, 0.15) is 41.4 Å². The molecule has 2 N–H and O–H groups in total. The van der Waals surface area contributed by atoms with E-state index in [-0.39, 0.29) is 47.6 Å². The minimum atomic E-state index is -0.837. The molecule has 38 heavy (non-hydrogen) atoms. The quantitative estimate of drug-likeness (QED) is 0.382. The highest BCUT2D eigenvalue weighted by Gasteiger charge is 2.36. The highest BCUT2D eigenvalue weighted by Crippen LogP contribution is 2.41. The predicted molar refractivity (Wildman–Crippen MR) is 136 cm³/mol. The number of hydrogen-bond acceptors (Lipinski definition) is 6. The Bertz CT molecular complexity index is 1470. The molecule has 0 saturated heterocycles. The molecule has 0 spiro atoms. The average Bonchev–Trinajstić information content (AvgIpc) is 2.87. The molecule has 0 fully saturated rings. The molecule has 1 aliphatic rings. The molecule has 6 nitrogen and oxygen atoms in total. The first kappa shape index (κ1) is 26.4. The molecular weight excluding hydrogens is 490 g/mol. The Morgan fingerprint density at radius 2 is 1.74 bits per heavy atom. The zero-order valence-electron chi connectivity index (χ0n) is 21.0. The molecule has 0 amide bonds. The van der Waals surface area contributed by atoms with Crippen molar-refractivity contribution in [3.05, 3.63) is 123 Å². The Hall–Kier alpha value is -4.64. The lowest BCUT2D eigenvalue weighted by Gasteiger charge is -2.27. The first-order valence-corrected chi connectivity index (χ1v) is 12.0. The Morgan fingerprint density at radius 3 is 2.39 bits per heavy atom. The second kappa shape index (κ2) is 11.6. The van der Waals surface area contributed by atoms with Gasteiger partial charge >= 0.3 is 5.97 Å². The van der Waals surface area contributed by atoms with E-state index >= 15 is 0 Å². The Morgan fingerprint density at radius 1 is 1.05 bits per heavy atom. The van der Waals surface area contributed by atoms with Gasteiger partial charge in [0.05, 0.1) is 18.1 Å². The number of esters is 1. The topological polar surface area (TPSA) is 94.6 Å². The van der Waals surface area contributed by atoms with Crippen LogP contribution in [0.25, 0.3) is 0 Å². The van der Waals surface area contributed by atoms with Crippen molar-refractivity contribution >= 4 is 5.97 Å². The molecule has 194 valence electrons. The molecule has 8 heteroatoms. The summed E-state index contributed by atoms with van der Waals surface area (Å²) < 4.78 is 44.4. The third-order valence-corrected chi connectivity index (χ3v) is 6.09. The van der Waals surface area contributed by atoms with Gasteiger partial charge in [-0.15, -0.1) is 0 Å². The zero-order chi connectivity index (χ0) is 27.2. The van der Waals surface area contributed by atoms with Crippen LogP contribution >= 0.6 is 0 Å². The molecule has 0 saturated carbocycles. The fourth-order valence-corrected chi connectivity index (χ4v) is 4.40. The molecule has 1 heterocycles. The van der Waals surface area contributed by atoms with Crippen LogP contribution in [0.1, 0.15) is 42.0 Å². The SMILES string of the molecule is CCOC(=O)C1=C(C)OC(N)=C(C#N)C1c1ccc(OCc2cccc(F)c2)c(Cc2cccc(F)c2)c1. The van der Waals surface area contributed by atoms with Crippen molar-refractivity contribution in [1.82, 2.24) is 0 Å². The van der Waals surface area contributed by atoms with E-state index in [0.29, 0.717) is 34.4 Å². The molecule has 0 radical (unpaired) electrons. The smallest absolute Gasteiger partial charge is 0.338 e. The molecule has 1 unspecified atom stereocenters. The number of nitriles is 1. The number of rotatable bonds is 8. The second-order valence-corrected chi connectivity index (χ2v) is 8.71. The molecule has 1 aliphatic heterocycles. The molecule has 0 aromatic heterocycles. The lowest BCUT2D eigenvalue weighted by atomic mass is 9.82. The Labute approximate surface area is 219 Å². The van der Waals surface area contributed by atoms with Crippen molar-refractivity contribution in [2.24, 2.45) is 5.73 Å². The third kappa shape index (κ3) is 5.84. The van der Waals surface area contributed by atoms with Gasteiger partial charge in [-0.2, -0.15) is 5.26 Å². The number of ether oxygens (including phenoxy) is 3. The van der Waals surface area contributed by atoms with E-state index in [1.807, 2.05) is 0 Å². The van der Waals surface area contributed by atoms with Crippen LogP contribution < -0.4 is 10.5 Å². The van der Waals surface area contributed by atoms with Gasteiger partial charge in [-0.3, -0.25) is 0 Å². The van der Waals surface area contributed by atoms with E-state index in [4.69, 9.17) is 19.9 Å². The summed E-state index contributed by atoms with van der Waals surface area (Å²) in [6.07, 6.45) is 0.297. The number of allylic oxidation sites excluding steroid dienone is 2. The van der Waals surface area contributed by atoms with E-state index in [1.54, 1.807) is 56.3 Å². The van der Waals surface area contributed by atoms with Crippen molar-refractivity contribution in [3.63, 3.8) is 0 Å². The maximum absolute atomic E-state index is 13.9. The van der Waals surface area contributed by atoms with Gasteiger partial charge in [0.25, 0.3) is 0 Å². The number of nitrogens with zero attached hydrogens (tertiary/aromatic N) is 1. The summed E-state index contributed by atoms with van der Waals surface area (Å²) in [5.74, 6) is -1.57. The lowest BCUT2D eigenvalue weighted by molar-refractivity contribution is -0.139. The predicted octanol–water partition coefficient (Wildman–Crippen LogP) is 5.78. The second-order valence-electron chi connectivity index (χ2n) is 8.71. The van der Waals surface area contributed by atoms with Crippen LogP contribution in [0.4, 0.5) is 8.78 Å². The van der Waals surface area contributed by atoms with Crippen LogP contribution in [0.5, 0.6) is 5.75 Å². The first-order chi connectivity index (χ1) is 18.3. The molecule has 3 aromatic rings. The van der Waals surface area contributed by atoms with E-state index < -0.39 is 11.9 Å². The van der Waals surface area contributed by atoms with Crippen molar-refractivity contribution in [2.45, 2.75) is 32.8 Å². The van der Waals surface area contributed by atoms with Crippen LogP contribution in [0.3, 0.4) is 0 Å². The van der Waals surface area contributed by atoms with E-state index in [0.717, 1.165) is 0 Å². The van der Waals surface area contributed by atoms with Crippen LogP contribution in [-0.2, 0) is 27.3 Å². The number of carbonyl (C=O) groups is 1. The van der Waals surface area contributed by atoms with E-state index in [9.17, 15) is 18.8 Å². The molecule has 4 rings (SSSR count). The van der Waals surface area contributed by atoms with Crippen LogP contribution in [0.2, 0.25) is 0 Å². The minimum absolute atomic E-state index is 0.0730. The highest BCUT2D eigenvalue weighted by molar-refractivity contribution is 5.92. The summed E-state index contributed by atoms with van der Waals surface area (Å²) in [5.41, 5.74) is 8.86. The Balaban J connectivity index is 1.78. The minimum Gasteiger partial charge on any atom is -0.489 e. The summed E-state index contributed by atoms with van der Waals surface area (Å²) in [6.45, 7) is 3.52. The first-order valence-electron chi connectivity index (χ1n) is 12.0. The third-order valence-electron chi connectivity index (χ3n) is 6.09. The summed E-state index contributed by atoms with van der Waals surface area (Å²) in [7, 11) is 0. The molecule has 0 bridgehead atoms. The van der Waals surface area contributed by atoms with Gasteiger partial charge in [-0.25, -0.2) is 13.6 Å². The Kier molecular flexibility index (Phi) is 8.07. The maximum Gasteiger partial charge on any atom is 0.338 e. The van der Waals surface area contributed by atoms with Crippen molar-refractivity contribution in [3.8, 4) is 11.8 Å². The fraction of sp³-hybridized carbons (Fsp3) is 0.200. The van der Waals surface area contributed by atoms with Crippen molar-refractivity contribution in [1.29, 1.82) is 5.26 Å². The summed E-state index contributed by atoms with van der Waals surface area (Å²) in [6, 6.07) is 19.5. The van der Waals surface area contributed by atoms with Gasteiger partial charge in [-0.1, -0.05) is 36.4 Å². The van der Waals surface area contributed by atoms with Gasteiger partial charge in [0.15, 0.2) is 0 Å². The number of benzene rings is 3. The number of halogens is 2. The molecule has 0 aliphatic carbocycles.